The lowest BCUT2D eigenvalue weighted by molar-refractivity contribution is -0.131. The monoisotopic (exact) mass is 239 g/mol. The summed E-state index contributed by atoms with van der Waals surface area (Å²) in [5.74, 6) is -0.548. The van der Waals surface area contributed by atoms with Gasteiger partial charge in [0.25, 0.3) is 5.91 Å². The second-order valence-corrected chi connectivity index (χ2v) is 4.67. The van der Waals surface area contributed by atoms with E-state index in [0.717, 1.165) is 30.6 Å². The molecule has 0 aromatic heterocycles. The van der Waals surface area contributed by atoms with Gasteiger partial charge in [-0.2, -0.15) is 0 Å². The van der Waals surface area contributed by atoms with Crippen LogP contribution in [0.15, 0.2) is 0 Å². The largest absolute Gasteiger partial charge is 0.352 e. The molecule has 2 aliphatic rings. The molecule has 17 heavy (non-hydrogen) atoms. The Balaban J connectivity index is 1.85. The van der Waals surface area contributed by atoms with E-state index < -0.39 is 6.03 Å². The molecule has 0 radical (unpaired) electrons. The fourth-order valence-electron chi connectivity index (χ4n) is 2.31. The van der Waals surface area contributed by atoms with E-state index in [1.165, 1.54) is 4.90 Å². The second-order valence-electron chi connectivity index (χ2n) is 4.67. The zero-order chi connectivity index (χ0) is 12.4. The Morgan fingerprint density at radius 2 is 2.00 bits per heavy atom. The number of carbonyl (C=O) groups is 3. The Morgan fingerprint density at radius 1 is 1.35 bits per heavy atom. The molecule has 1 aliphatic carbocycles. The van der Waals surface area contributed by atoms with Crippen LogP contribution in [0.5, 0.6) is 0 Å². The van der Waals surface area contributed by atoms with Crippen LogP contribution >= 0.6 is 0 Å². The van der Waals surface area contributed by atoms with Gasteiger partial charge in [0.15, 0.2) is 0 Å². The molecule has 2 fully saturated rings. The maximum Gasteiger partial charge on any atom is 0.327 e. The highest BCUT2D eigenvalue weighted by Gasteiger charge is 2.35. The minimum absolute atomic E-state index is 0.0650. The average molecular weight is 239 g/mol. The van der Waals surface area contributed by atoms with Crippen LogP contribution in [0.2, 0.25) is 0 Å². The van der Waals surface area contributed by atoms with E-state index in [0.29, 0.717) is 0 Å². The summed E-state index contributed by atoms with van der Waals surface area (Å²) in [5, 5.41) is 2.86. The number of likely N-dealkylation sites (N-methyl/N-ethyl adjacent to an activating group) is 1. The second kappa shape index (κ2) is 4.73. The van der Waals surface area contributed by atoms with Gasteiger partial charge in [-0.1, -0.05) is 12.8 Å². The van der Waals surface area contributed by atoms with Crippen LogP contribution in [0.25, 0.3) is 0 Å². The standard InChI is InChI=1S/C11H17N3O3/c1-13-7-10(16)14(11(13)17)6-9(15)12-8-4-2-3-5-8/h8H,2-7H2,1H3,(H,12,15). The average Bonchev–Trinajstić information content (AvgIpc) is 2.83. The van der Waals surface area contributed by atoms with E-state index in [1.54, 1.807) is 7.05 Å². The van der Waals surface area contributed by atoms with Crippen molar-refractivity contribution >= 4 is 17.8 Å². The van der Waals surface area contributed by atoms with Crippen molar-refractivity contribution in [2.45, 2.75) is 31.7 Å². The van der Waals surface area contributed by atoms with Gasteiger partial charge in [0.05, 0.1) is 0 Å². The van der Waals surface area contributed by atoms with Crippen molar-refractivity contribution in [3.05, 3.63) is 0 Å². The first-order valence-corrected chi connectivity index (χ1v) is 5.93. The van der Waals surface area contributed by atoms with Crippen LogP contribution in [0.3, 0.4) is 0 Å². The SMILES string of the molecule is CN1CC(=O)N(CC(=O)NC2CCCC2)C1=O. The lowest BCUT2D eigenvalue weighted by Gasteiger charge is -2.16. The number of carbonyl (C=O) groups excluding carboxylic acids is 3. The summed E-state index contributed by atoms with van der Waals surface area (Å²) >= 11 is 0. The Hall–Kier alpha value is -1.59. The lowest BCUT2D eigenvalue weighted by atomic mass is 10.2. The summed E-state index contributed by atoms with van der Waals surface area (Å²) in [4.78, 5) is 37.0. The van der Waals surface area contributed by atoms with Crippen molar-refractivity contribution in [1.82, 2.24) is 15.1 Å². The molecule has 0 aromatic rings. The molecule has 0 spiro atoms. The van der Waals surface area contributed by atoms with Gasteiger partial charge in [-0.05, 0) is 12.8 Å². The van der Waals surface area contributed by atoms with Crippen LogP contribution in [0.4, 0.5) is 4.79 Å². The van der Waals surface area contributed by atoms with E-state index in [4.69, 9.17) is 0 Å². The molecule has 0 unspecified atom stereocenters. The molecule has 0 aromatic carbocycles. The lowest BCUT2D eigenvalue weighted by Crippen LogP contribution is -2.43. The van der Waals surface area contributed by atoms with Crippen molar-refractivity contribution in [1.29, 1.82) is 0 Å². The van der Waals surface area contributed by atoms with Crippen molar-refractivity contribution in [2.75, 3.05) is 20.1 Å². The Kier molecular flexibility index (Phi) is 3.31. The molecule has 6 heteroatoms. The normalized spacial score (nSPS) is 21.5. The number of rotatable bonds is 3. The number of nitrogens with one attached hydrogen (secondary N) is 1. The third-order valence-electron chi connectivity index (χ3n) is 3.25. The smallest absolute Gasteiger partial charge is 0.327 e. The number of hydrogen-bond donors (Lipinski definition) is 1. The Labute approximate surface area is 99.9 Å². The molecule has 1 aliphatic heterocycles. The van der Waals surface area contributed by atoms with Gasteiger partial charge in [0.2, 0.25) is 5.91 Å². The molecular weight excluding hydrogens is 222 g/mol. The first kappa shape index (κ1) is 11.9. The predicted molar refractivity (Wildman–Crippen MR) is 60.1 cm³/mol. The zero-order valence-corrected chi connectivity index (χ0v) is 9.94. The summed E-state index contributed by atoms with van der Waals surface area (Å²) in [6.45, 7) is -0.0892. The van der Waals surface area contributed by atoms with Crippen molar-refractivity contribution < 1.29 is 14.4 Å². The topological polar surface area (TPSA) is 69.7 Å². The number of nitrogens with zero attached hydrogens (tertiary/aromatic N) is 2. The minimum Gasteiger partial charge on any atom is -0.352 e. The van der Waals surface area contributed by atoms with E-state index in [9.17, 15) is 14.4 Å². The van der Waals surface area contributed by atoms with Gasteiger partial charge >= 0.3 is 6.03 Å². The molecular formula is C11H17N3O3. The van der Waals surface area contributed by atoms with E-state index in [2.05, 4.69) is 5.32 Å². The van der Waals surface area contributed by atoms with Gasteiger partial charge in [-0.25, -0.2) is 4.79 Å². The molecule has 1 heterocycles. The van der Waals surface area contributed by atoms with Gasteiger partial charge in [-0.15, -0.1) is 0 Å². The van der Waals surface area contributed by atoms with Crippen LogP contribution in [-0.2, 0) is 9.59 Å². The van der Waals surface area contributed by atoms with E-state index in [-0.39, 0.29) is 30.9 Å². The number of urea groups is 1. The molecule has 1 saturated heterocycles. The van der Waals surface area contributed by atoms with Crippen molar-refractivity contribution in [3.63, 3.8) is 0 Å². The zero-order valence-electron chi connectivity index (χ0n) is 9.94. The van der Waals surface area contributed by atoms with Gasteiger partial charge < -0.3 is 10.2 Å². The fourth-order valence-corrected chi connectivity index (χ4v) is 2.31. The predicted octanol–water partition coefficient (Wildman–Crippen LogP) is -0.0608. The fraction of sp³-hybridized carbons (Fsp3) is 0.727. The number of imide groups is 1. The molecule has 1 saturated carbocycles. The Bertz CT molecular complexity index is 350. The van der Waals surface area contributed by atoms with E-state index >= 15 is 0 Å². The molecule has 1 N–H and O–H groups in total. The van der Waals surface area contributed by atoms with Crippen LogP contribution in [0.1, 0.15) is 25.7 Å². The molecule has 0 bridgehead atoms. The minimum atomic E-state index is -0.392. The highest BCUT2D eigenvalue weighted by atomic mass is 16.2. The third-order valence-corrected chi connectivity index (χ3v) is 3.25. The summed E-state index contributed by atoms with van der Waals surface area (Å²) in [6, 6.07) is -0.176. The molecule has 2 rings (SSSR count). The van der Waals surface area contributed by atoms with Crippen molar-refractivity contribution in [2.24, 2.45) is 0 Å². The van der Waals surface area contributed by atoms with Gasteiger partial charge in [0, 0.05) is 13.1 Å². The number of hydrogen-bond acceptors (Lipinski definition) is 3. The van der Waals surface area contributed by atoms with Crippen LogP contribution < -0.4 is 5.32 Å². The first-order valence-electron chi connectivity index (χ1n) is 5.93. The molecule has 4 amide bonds. The highest BCUT2D eigenvalue weighted by molar-refractivity contribution is 6.04. The van der Waals surface area contributed by atoms with E-state index in [1.807, 2.05) is 0 Å². The van der Waals surface area contributed by atoms with Crippen LogP contribution in [0, 0.1) is 0 Å². The van der Waals surface area contributed by atoms with Crippen LogP contribution in [-0.4, -0.2) is 53.8 Å². The maximum absolute atomic E-state index is 11.7. The summed E-state index contributed by atoms with van der Waals surface area (Å²) in [5.41, 5.74) is 0. The Morgan fingerprint density at radius 3 is 2.53 bits per heavy atom. The molecule has 0 atom stereocenters. The van der Waals surface area contributed by atoms with Gasteiger partial charge in [0.1, 0.15) is 13.1 Å². The quantitative estimate of drug-likeness (QED) is 0.701. The first-order chi connectivity index (χ1) is 8.08. The molecule has 6 nitrogen and oxygen atoms in total. The highest BCUT2D eigenvalue weighted by Crippen LogP contribution is 2.17. The summed E-state index contributed by atoms with van der Waals surface area (Å²) in [7, 11) is 1.55. The van der Waals surface area contributed by atoms with Gasteiger partial charge in [-0.3, -0.25) is 14.5 Å². The maximum atomic E-state index is 11.7. The van der Waals surface area contributed by atoms with Crippen molar-refractivity contribution in [3.8, 4) is 0 Å². The third kappa shape index (κ3) is 2.57. The summed E-state index contributed by atoms with van der Waals surface area (Å²) < 4.78 is 0. The summed E-state index contributed by atoms with van der Waals surface area (Å²) in [6.07, 6.45) is 4.26. The molecule has 94 valence electrons. The number of amides is 4.